The number of H-pyrrole nitrogens is 1. The summed E-state index contributed by atoms with van der Waals surface area (Å²) in [5, 5.41) is 0.570. The van der Waals surface area contributed by atoms with Gasteiger partial charge in [-0.1, -0.05) is 11.8 Å². The van der Waals surface area contributed by atoms with Gasteiger partial charge in [0.2, 0.25) is 0 Å². The van der Waals surface area contributed by atoms with Crippen LogP contribution in [0.25, 0.3) is 11.0 Å². The van der Waals surface area contributed by atoms with Crippen LogP contribution in [-0.4, -0.2) is 40.7 Å². The van der Waals surface area contributed by atoms with Crippen LogP contribution in [0.4, 0.5) is 4.39 Å². The second kappa shape index (κ2) is 8.68. The Morgan fingerprint density at radius 3 is 2.70 bits per heavy atom. The molecule has 1 heterocycles. The maximum atomic E-state index is 12.8. The van der Waals surface area contributed by atoms with E-state index in [2.05, 4.69) is 9.97 Å². The normalized spacial score (nSPS) is 10.7. The van der Waals surface area contributed by atoms with E-state index >= 15 is 0 Å². The largest absolute Gasteiger partial charge is 0.494 e. The number of ketones is 1. The lowest BCUT2D eigenvalue weighted by molar-refractivity contribution is -0.139. The molecule has 0 fully saturated rings. The third-order valence-electron chi connectivity index (χ3n) is 3.60. The second-order valence-electron chi connectivity index (χ2n) is 5.53. The van der Waals surface area contributed by atoms with E-state index in [-0.39, 0.29) is 18.1 Å². The van der Waals surface area contributed by atoms with Gasteiger partial charge in [0.25, 0.3) is 0 Å². The maximum Gasteiger partial charge on any atom is 0.316 e. The molecule has 6 nitrogen and oxygen atoms in total. The fraction of sp³-hybridized carbons (Fsp3) is 0.211. The first-order valence-corrected chi connectivity index (χ1v) is 9.23. The average Bonchev–Trinajstić information content (AvgIpc) is 3.07. The highest BCUT2D eigenvalue weighted by molar-refractivity contribution is 7.99. The van der Waals surface area contributed by atoms with Crippen molar-refractivity contribution < 1.29 is 23.5 Å². The monoisotopic (exact) mass is 388 g/mol. The van der Waals surface area contributed by atoms with Crippen LogP contribution < -0.4 is 4.74 Å². The van der Waals surface area contributed by atoms with Gasteiger partial charge >= 0.3 is 5.97 Å². The number of Topliss-reactive ketones (excluding diaryl/α,β-unsaturated/α-hetero) is 1. The van der Waals surface area contributed by atoms with Gasteiger partial charge in [0.15, 0.2) is 17.5 Å². The van der Waals surface area contributed by atoms with E-state index in [1.807, 2.05) is 25.1 Å². The molecule has 0 bridgehead atoms. The van der Waals surface area contributed by atoms with Crippen LogP contribution in [0.1, 0.15) is 17.3 Å². The summed E-state index contributed by atoms with van der Waals surface area (Å²) in [5.74, 6) is -0.607. The lowest BCUT2D eigenvalue weighted by Crippen LogP contribution is -2.15. The van der Waals surface area contributed by atoms with Crippen LogP contribution in [0.5, 0.6) is 5.75 Å². The van der Waals surface area contributed by atoms with E-state index in [0.717, 1.165) is 16.8 Å². The number of carbonyl (C=O) groups excluding carboxylic acids is 2. The molecule has 3 aromatic rings. The lowest BCUT2D eigenvalue weighted by atomic mass is 10.1. The van der Waals surface area contributed by atoms with Crippen molar-refractivity contribution in [1.29, 1.82) is 0 Å². The van der Waals surface area contributed by atoms with Gasteiger partial charge in [-0.2, -0.15) is 0 Å². The minimum absolute atomic E-state index is 0.00877. The van der Waals surface area contributed by atoms with Crippen molar-refractivity contribution in [3.8, 4) is 5.75 Å². The number of halogens is 1. The van der Waals surface area contributed by atoms with Crippen LogP contribution >= 0.6 is 11.8 Å². The molecule has 8 heteroatoms. The highest BCUT2D eigenvalue weighted by Gasteiger charge is 2.12. The molecule has 27 heavy (non-hydrogen) atoms. The van der Waals surface area contributed by atoms with Crippen LogP contribution in [-0.2, 0) is 9.53 Å². The van der Waals surface area contributed by atoms with E-state index in [1.54, 1.807) is 0 Å². The molecule has 0 aliphatic carbocycles. The van der Waals surface area contributed by atoms with E-state index in [1.165, 1.54) is 36.0 Å². The number of carbonyl (C=O) groups is 2. The molecule has 1 aromatic heterocycles. The van der Waals surface area contributed by atoms with Gasteiger partial charge < -0.3 is 14.5 Å². The Balaban J connectivity index is 1.50. The number of esters is 1. The fourth-order valence-corrected chi connectivity index (χ4v) is 3.01. The second-order valence-corrected chi connectivity index (χ2v) is 6.50. The number of nitrogens with one attached hydrogen (secondary N) is 1. The summed E-state index contributed by atoms with van der Waals surface area (Å²) >= 11 is 1.18. The average molecular weight is 388 g/mol. The SMILES string of the molecule is CCOc1ccc2nc(SCC(=O)OCC(=O)c3ccc(F)cc3)[nH]c2c1. The van der Waals surface area contributed by atoms with Gasteiger partial charge in [-0.3, -0.25) is 9.59 Å². The molecule has 0 unspecified atom stereocenters. The number of thioether (sulfide) groups is 1. The molecule has 1 N–H and O–H groups in total. The third-order valence-corrected chi connectivity index (χ3v) is 4.45. The predicted molar refractivity (Wildman–Crippen MR) is 99.7 cm³/mol. The molecule has 140 valence electrons. The summed E-state index contributed by atoms with van der Waals surface area (Å²) in [6.45, 7) is 2.09. The van der Waals surface area contributed by atoms with E-state index in [9.17, 15) is 14.0 Å². The van der Waals surface area contributed by atoms with Gasteiger partial charge in [-0.25, -0.2) is 9.37 Å². The van der Waals surface area contributed by atoms with Crippen LogP contribution in [0, 0.1) is 5.82 Å². The minimum Gasteiger partial charge on any atom is -0.494 e. The topological polar surface area (TPSA) is 81.3 Å². The zero-order valence-electron chi connectivity index (χ0n) is 14.5. The Bertz CT molecular complexity index is 956. The van der Waals surface area contributed by atoms with Crippen molar-refractivity contribution in [1.82, 2.24) is 9.97 Å². The number of benzene rings is 2. The number of aromatic amines is 1. The zero-order chi connectivity index (χ0) is 19.2. The molecule has 0 amide bonds. The van der Waals surface area contributed by atoms with Crippen molar-refractivity contribution in [3.63, 3.8) is 0 Å². The van der Waals surface area contributed by atoms with Crippen LogP contribution in [0.2, 0.25) is 0 Å². The summed E-state index contributed by atoms with van der Waals surface area (Å²) in [6, 6.07) is 10.6. The third kappa shape index (κ3) is 5.07. The first kappa shape index (κ1) is 18.9. The summed E-state index contributed by atoms with van der Waals surface area (Å²) < 4.78 is 23.3. The van der Waals surface area contributed by atoms with Crippen molar-refractivity contribution in [2.45, 2.75) is 12.1 Å². The number of hydrogen-bond donors (Lipinski definition) is 1. The predicted octanol–water partition coefficient (Wildman–Crippen LogP) is 3.62. The highest BCUT2D eigenvalue weighted by Crippen LogP contribution is 2.23. The van der Waals surface area contributed by atoms with Crippen molar-refractivity contribution in [3.05, 3.63) is 53.8 Å². The summed E-state index contributed by atoms with van der Waals surface area (Å²) in [6.07, 6.45) is 0. The molecule has 0 spiro atoms. The number of fused-ring (bicyclic) bond motifs is 1. The van der Waals surface area contributed by atoms with Gasteiger partial charge in [0, 0.05) is 11.6 Å². The van der Waals surface area contributed by atoms with Crippen molar-refractivity contribution >= 4 is 34.5 Å². The minimum atomic E-state index is -0.536. The molecular weight excluding hydrogens is 371 g/mol. The van der Waals surface area contributed by atoms with Gasteiger partial charge in [-0.15, -0.1) is 0 Å². The first-order valence-electron chi connectivity index (χ1n) is 8.25. The summed E-state index contributed by atoms with van der Waals surface area (Å²) in [7, 11) is 0. The molecule has 0 radical (unpaired) electrons. The lowest BCUT2D eigenvalue weighted by Gasteiger charge is -2.03. The van der Waals surface area contributed by atoms with E-state index in [0.29, 0.717) is 17.3 Å². The molecule has 0 saturated heterocycles. The molecule has 0 atom stereocenters. The van der Waals surface area contributed by atoms with Crippen molar-refractivity contribution in [2.24, 2.45) is 0 Å². The molecule has 3 rings (SSSR count). The van der Waals surface area contributed by atoms with E-state index in [4.69, 9.17) is 9.47 Å². The zero-order valence-corrected chi connectivity index (χ0v) is 15.3. The Kier molecular flexibility index (Phi) is 6.08. The maximum absolute atomic E-state index is 12.8. The van der Waals surface area contributed by atoms with Gasteiger partial charge in [0.1, 0.15) is 11.6 Å². The van der Waals surface area contributed by atoms with Crippen molar-refractivity contribution in [2.75, 3.05) is 19.0 Å². The molecule has 0 aliphatic heterocycles. The smallest absolute Gasteiger partial charge is 0.316 e. The molecule has 2 aromatic carbocycles. The fourth-order valence-electron chi connectivity index (χ4n) is 2.32. The number of ether oxygens (including phenoxy) is 2. The summed E-state index contributed by atoms with van der Waals surface area (Å²) in [4.78, 5) is 31.2. The van der Waals surface area contributed by atoms with Crippen LogP contribution in [0.15, 0.2) is 47.6 Å². The Labute approximate surface area is 159 Å². The Hall–Kier alpha value is -2.87. The number of hydrogen-bond acceptors (Lipinski definition) is 6. The molecule has 0 aliphatic rings. The quantitative estimate of drug-likeness (QED) is 0.361. The van der Waals surface area contributed by atoms with E-state index < -0.39 is 11.8 Å². The Morgan fingerprint density at radius 1 is 1.19 bits per heavy atom. The number of nitrogens with zero attached hydrogens (tertiary/aromatic N) is 1. The number of rotatable bonds is 8. The van der Waals surface area contributed by atoms with Crippen LogP contribution in [0.3, 0.4) is 0 Å². The Morgan fingerprint density at radius 2 is 1.96 bits per heavy atom. The standard InChI is InChI=1S/C19H17FN2O4S/c1-2-25-14-7-8-15-16(9-14)22-19(21-15)27-11-18(24)26-10-17(23)12-3-5-13(20)6-4-12/h3-9H,2,10-11H2,1H3,(H,21,22). The highest BCUT2D eigenvalue weighted by atomic mass is 32.2. The first-order chi connectivity index (χ1) is 13.0. The summed E-state index contributed by atoms with van der Waals surface area (Å²) in [5.41, 5.74) is 1.86. The molecular formula is C19H17FN2O4S. The number of aromatic nitrogens is 2. The molecule has 0 saturated carbocycles. The van der Waals surface area contributed by atoms with Gasteiger partial charge in [0.05, 0.1) is 23.4 Å². The van der Waals surface area contributed by atoms with Gasteiger partial charge in [-0.05, 0) is 43.3 Å². The number of imidazole rings is 1.